The number of rotatable bonds is 7. The summed E-state index contributed by atoms with van der Waals surface area (Å²) < 4.78 is 1.92. The first-order chi connectivity index (χ1) is 14.1. The largest absolute Gasteiger partial charge is 0.357 e. The average Bonchev–Trinajstić information content (AvgIpc) is 2.98. The van der Waals surface area contributed by atoms with E-state index in [1.807, 2.05) is 24.7 Å². The van der Waals surface area contributed by atoms with Crippen LogP contribution in [0, 0.1) is 13.8 Å². The maximum Gasteiger partial charge on any atom is 0.225 e. The minimum Gasteiger partial charge on any atom is -0.357 e. The maximum absolute atomic E-state index is 4.75. The molecule has 1 aliphatic rings. The van der Waals surface area contributed by atoms with Gasteiger partial charge in [0.15, 0.2) is 5.96 Å². The van der Waals surface area contributed by atoms with E-state index in [2.05, 4.69) is 49.3 Å². The van der Waals surface area contributed by atoms with Crippen molar-refractivity contribution in [1.82, 2.24) is 35.3 Å². The van der Waals surface area contributed by atoms with Crippen molar-refractivity contribution in [3.05, 3.63) is 35.4 Å². The molecule has 0 radical (unpaired) electrons. The quantitative estimate of drug-likeness (QED) is 0.524. The van der Waals surface area contributed by atoms with Crippen molar-refractivity contribution in [2.45, 2.75) is 27.3 Å². The number of hydrogen-bond donors (Lipinski definition) is 2. The molecule has 0 atom stereocenters. The summed E-state index contributed by atoms with van der Waals surface area (Å²) in [6.07, 6.45) is 3.60. The number of hydrogen-bond acceptors (Lipinski definition) is 6. The van der Waals surface area contributed by atoms with Gasteiger partial charge in [-0.05, 0) is 26.8 Å². The van der Waals surface area contributed by atoms with Gasteiger partial charge < -0.3 is 15.5 Å². The van der Waals surface area contributed by atoms with Crippen LogP contribution in [0.15, 0.2) is 23.5 Å². The predicted molar refractivity (Wildman–Crippen MR) is 116 cm³/mol. The highest BCUT2D eigenvalue weighted by Gasteiger charge is 2.18. The van der Waals surface area contributed by atoms with E-state index in [4.69, 9.17) is 4.99 Å². The van der Waals surface area contributed by atoms with Crippen molar-refractivity contribution >= 4 is 11.9 Å². The van der Waals surface area contributed by atoms with Crippen LogP contribution in [0.25, 0.3) is 0 Å². The molecule has 1 saturated heterocycles. The Balaban J connectivity index is 1.45. The van der Waals surface area contributed by atoms with Gasteiger partial charge >= 0.3 is 0 Å². The highest BCUT2D eigenvalue weighted by molar-refractivity contribution is 5.79. The fourth-order valence-electron chi connectivity index (χ4n) is 3.50. The van der Waals surface area contributed by atoms with Crippen molar-refractivity contribution in [2.24, 2.45) is 12.0 Å². The van der Waals surface area contributed by atoms with Crippen molar-refractivity contribution in [1.29, 1.82) is 0 Å². The van der Waals surface area contributed by atoms with Crippen molar-refractivity contribution in [3.63, 3.8) is 0 Å². The third kappa shape index (κ3) is 5.66. The normalized spacial score (nSPS) is 15.6. The van der Waals surface area contributed by atoms with Crippen LogP contribution in [0.5, 0.6) is 0 Å². The molecule has 0 amide bonds. The van der Waals surface area contributed by atoms with E-state index >= 15 is 0 Å². The zero-order valence-electron chi connectivity index (χ0n) is 18.0. The lowest BCUT2D eigenvalue weighted by Gasteiger charge is -2.34. The summed E-state index contributed by atoms with van der Waals surface area (Å²) in [5.41, 5.74) is 3.41. The molecule has 158 valence electrons. The van der Waals surface area contributed by atoms with E-state index in [9.17, 15) is 0 Å². The molecule has 1 aliphatic heterocycles. The van der Waals surface area contributed by atoms with Crippen molar-refractivity contribution in [2.75, 3.05) is 50.7 Å². The first kappa shape index (κ1) is 21.0. The number of aryl methyl sites for hydroxylation is 2. The third-order valence-electron chi connectivity index (χ3n) is 5.33. The molecule has 0 aromatic carbocycles. The molecule has 2 N–H and O–H groups in total. The first-order valence-corrected chi connectivity index (χ1v) is 10.3. The summed E-state index contributed by atoms with van der Waals surface area (Å²) in [6.45, 7) is 13.5. The Bertz CT molecular complexity index is 792. The van der Waals surface area contributed by atoms with E-state index in [-0.39, 0.29) is 0 Å². The topological polar surface area (TPSA) is 86.5 Å². The Morgan fingerprint density at radius 2 is 1.83 bits per heavy atom. The number of guanidine groups is 1. The number of nitrogens with zero attached hydrogens (tertiary/aromatic N) is 7. The standard InChI is InChI=1S/C20H33N9/c1-5-21-19(25-15-18-16(2)26-27(4)17(18)3)22-9-10-28-11-13-29(14-12-28)20-23-7-6-8-24-20/h6-8H,5,9-15H2,1-4H3,(H2,21,22,25). The minimum absolute atomic E-state index is 0.636. The van der Waals surface area contributed by atoms with Gasteiger partial charge in [0.25, 0.3) is 0 Å². The van der Waals surface area contributed by atoms with Gasteiger partial charge in [-0.25, -0.2) is 15.0 Å². The van der Waals surface area contributed by atoms with Gasteiger partial charge in [0.05, 0.1) is 12.2 Å². The van der Waals surface area contributed by atoms with Gasteiger partial charge in [-0.1, -0.05) is 0 Å². The molecule has 0 aliphatic carbocycles. The zero-order valence-corrected chi connectivity index (χ0v) is 18.0. The van der Waals surface area contributed by atoms with Crippen LogP contribution in [0.4, 0.5) is 5.95 Å². The van der Waals surface area contributed by atoms with Gasteiger partial charge in [0.2, 0.25) is 5.95 Å². The Morgan fingerprint density at radius 1 is 1.10 bits per heavy atom. The number of aromatic nitrogens is 4. The SMILES string of the molecule is CCNC(=NCc1c(C)nn(C)c1C)NCCN1CCN(c2ncccn2)CC1. The summed E-state index contributed by atoms with van der Waals surface area (Å²) in [4.78, 5) is 18.2. The molecule has 0 saturated carbocycles. The second-order valence-electron chi connectivity index (χ2n) is 7.27. The Morgan fingerprint density at radius 3 is 2.45 bits per heavy atom. The van der Waals surface area contributed by atoms with Crippen LogP contribution >= 0.6 is 0 Å². The third-order valence-corrected chi connectivity index (χ3v) is 5.33. The van der Waals surface area contributed by atoms with E-state index < -0.39 is 0 Å². The molecule has 2 aromatic heterocycles. The lowest BCUT2D eigenvalue weighted by atomic mass is 10.2. The van der Waals surface area contributed by atoms with Crippen molar-refractivity contribution < 1.29 is 0 Å². The van der Waals surface area contributed by atoms with Crippen LogP contribution in [0.1, 0.15) is 23.9 Å². The lowest BCUT2D eigenvalue weighted by Crippen LogP contribution is -2.49. The molecule has 3 rings (SSSR count). The molecule has 29 heavy (non-hydrogen) atoms. The molecule has 0 bridgehead atoms. The van der Waals surface area contributed by atoms with Gasteiger partial charge in [0, 0.05) is 76.5 Å². The molecule has 0 spiro atoms. The fourth-order valence-corrected chi connectivity index (χ4v) is 3.50. The number of piperazine rings is 1. The van der Waals surface area contributed by atoms with E-state index in [1.54, 1.807) is 12.4 Å². The summed E-state index contributed by atoms with van der Waals surface area (Å²) in [5.74, 6) is 1.68. The molecule has 1 fully saturated rings. The van der Waals surface area contributed by atoms with Gasteiger partial charge in [-0.2, -0.15) is 5.10 Å². The second kappa shape index (κ2) is 10.2. The molecule has 9 heteroatoms. The van der Waals surface area contributed by atoms with E-state index in [0.717, 1.165) is 63.4 Å². The molecular weight excluding hydrogens is 366 g/mol. The number of aliphatic imine (C=N–C) groups is 1. The van der Waals surface area contributed by atoms with Crippen LogP contribution in [-0.4, -0.2) is 76.4 Å². The smallest absolute Gasteiger partial charge is 0.225 e. The Labute approximate surface area is 173 Å². The highest BCUT2D eigenvalue weighted by Crippen LogP contribution is 2.13. The second-order valence-corrected chi connectivity index (χ2v) is 7.27. The summed E-state index contributed by atoms with van der Waals surface area (Å²) in [7, 11) is 1.97. The lowest BCUT2D eigenvalue weighted by molar-refractivity contribution is 0.260. The van der Waals surface area contributed by atoms with Crippen LogP contribution < -0.4 is 15.5 Å². The van der Waals surface area contributed by atoms with Crippen molar-refractivity contribution in [3.8, 4) is 0 Å². The van der Waals surface area contributed by atoms with Gasteiger partial charge in [-0.15, -0.1) is 0 Å². The monoisotopic (exact) mass is 399 g/mol. The Hall–Kier alpha value is -2.68. The fraction of sp³-hybridized carbons (Fsp3) is 0.600. The van der Waals surface area contributed by atoms with Gasteiger partial charge in [-0.3, -0.25) is 9.58 Å². The summed E-state index contributed by atoms with van der Waals surface area (Å²) in [5, 5.41) is 11.3. The van der Waals surface area contributed by atoms with Crippen LogP contribution in [0.3, 0.4) is 0 Å². The zero-order chi connectivity index (χ0) is 20.6. The summed E-state index contributed by atoms with van der Waals surface area (Å²) in [6, 6.07) is 1.85. The molecule has 0 unspecified atom stereocenters. The minimum atomic E-state index is 0.636. The molecule has 9 nitrogen and oxygen atoms in total. The molecule has 2 aromatic rings. The first-order valence-electron chi connectivity index (χ1n) is 10.3. The number of nitrogens with one attached hydrogen (secondary N) is 2. The maximum atomic E-state index is 4.75. The van der Waals surface area contributed by atoms with Gasteiger partial charge in [0.1, 0.15) is 0 Å². The summed E-state index contributed by atoms with van der Waals surface area (Å²) >= 11 is 0. The highest BCUT2D eigenvalue weighted by atomic mass is 15.3. The molecule has 3 heterocycles. The van der Waals surface area contributed by atoms with Crippen LogP contribution in [-0.2, 0) is 13.6 Å². The number of anilines is 1. The van der Waals surface area contributed by atoms with E-state index in [1.165, 1.54) is 11.3 Å². The molecular formula is C20H33N9. The Kier molecular flexibility index (Phi) is 7.40. The van der Waals surface area contributed by atoms with E-state index in [0.29, 0.717) is 6.54 Å². The van der Waals surface area contributed by atoms with Crippen LogP contribution in [0.2, 0.25) is 0 Å². The predicted octanol–water partition coefficient (Wildman–Crippen LogP) is 0.704. The average molecular weight is 400 g/mol.